The number of aromatic nitrogens is 2. The SMILES string of the molecule is [B]c1ccc(C)c(NC(=O)c2cnc3ccccn23)c1. The van der Waals surface area contributed by atoms with Gasteiger partial charge >= 0.3 is 0 Å². The van der Waals surface area contributed by atoms with Crippen LogP contribution in [0.15, 0.2) is 48.8 Å². The summed E-state index contributed by atoms with van der Waals surface area (Å²) in [6, 6.07) is 11.0. The van der Waals surface area contributed by atoms with E-state index in [9.17, 15) is 4.79 Å². The Morgan fingerprint density at radius 2 is 2.15 bits per heavy atom. The average Bonchev–Trinajstić information content (AvgIpc) is 2.87. The summed E-state index contributed by atoms with van der Waals surface area (Å²) in [5.74, 6) is -0.211. The van der Waals surface area contributed by atoms with Crippen molar-refractivity contribution in [1.29, 1.82) is 0 Å². The summed E-state index contributed by atoms with van der Waals surface area (Å²) in [4.78, 5) is 16.5. The Morgan fingerprint density at radius 3 is 3.00 bits per heavy atom. The molecule has 0 atom stereocenters. The predicted molar refractivity (Wildman–Crippen MR) is 79.7 cm³/mol. The summed E-state index contributed by atoms with van der Waals surface area (Å²) in [7, 11) is 5.74. The summed E-state index contributed by atoms with van der Waals surface area (Å²) >= 11 is 0. The largest absolute Gasteiger partial charge is 0.320 e. The topological polar surface area (TPSA) is 46.4 Å². The molecule has 0 aliphatic heterocycles. The van der Waals surface area contributed by atoms with Crippen LogP contribution in [0.25, 0.3) is 5.65 Å². The summed E-state index contributed by atoms with van der Waals surface area (Å²) in [5, 5.41) is 2.87. The van der Waals surface area contributed by atoms with Crippen molar-refractivity contribution < 1.29 is 4.79 Å². The molecule has 20 heavy (non-hydrogen) atoms. The van der Waals surface area contributed by atoms with E-state index in [2.05, 4.69) is 10.3 Å². The molecule has 0 spiro atoms. The van der Waals surface area contributed by atoms with Crippen LogP contribution >= 0.6 is 0 Å². The van der Waals surface area contributed by atoms with Crippen molar-refractivity contribution in [2.24, 2.45) is 0 Å². The van der Waals surface area contributed by atoms with Crippen molar-refractivity contribution in [3.05, 3.63) is 60.0 Å². The van der Waals surface area contributed by atoms with E-state index in [1.165, 1.54) is 0 Å². The molecule has 2 aromatic heterocycles. The number of imidazole rings is 1. The van der Waals surface area contributed by atoms with Crippen LogP contribution in [0, 0.1) is 6.92 Å². The number of amides is 1. The lowest BCUT2D eigenvalue weighted by Crippen LogP contribution is -2.16. The maximum absolute atomic E-state index is 12.3. The Kier molecular flexibility index (Phi) is 3.02. The summed E-state index contributed by atoms with van der Waals surface area (Å²) < 4.78 is 1.75. The minimum absolute atomic E-state index is 0.211. The van der Waals surface area contributed by atoms with Crippen LogP contribution < -0.4 is 10.8 Å². The zero-order valence-electron chi connectivity index (χ0n) is 11.0. The minimum Gasteiger partial charge on any atom is -0.320 e. The van der Waals surface area contributed by atoms with Gasteiger partial charge < -0.3 is 5.32 Å². The average molecular weight is 261 g/mol. The molecule has 4 nitrogen and oxygen atoms in total. The maximum Gasteiger partial charge on any atom is 0.274 e. The van der Waals surface area contributed by atoms with Gasteiger partial charge in [-0.2, -0.15) is 0 Å². The van der Waals surface area contributed by atoms with Gasteiger partial charge in [-0.1, -0.05) is 23.7 Å². The Labute approximate surface area is 117 Å². The second-order valence-electron chi connectivity index (χ2n) is 4.60. The fourth-order valence-electron chi connectivity index (χ4n) is 2.06. The van der Waals surface area contributed by atoms with Crippen LogP contribution in [0.5, 0.6) is 0 Å². The molecule has 2 heterocycles. The summed E-state index contributed by atoms with van der Waals surface area (Å²) in [6.07, 6.45) is 3.37. The molecular weight excluding hydrogens is 249 g/mol. The minimum atomic E-state index is -0.211. The molecule has 96 valence electrons. The van der Waals surface area contributed by atoms with Crippen LogP contribution in [0.4, 0.5) is 5.69 Å². The standard InChI is InChI=1S/C15H12BN3O/c1-10-5-6-11(16)8-12(10)18-15(20)13-9-17-14-4-2-3-7-19(13)14/h2-9H,1H3,(H,18,20). The van der Waals surface area contributed by atoms with Crippen LogP contribution in [-0.2, 0) is 0 Å². The lowest BCUT2D eigenvalue weighted by atomic mass is 9.94. The number of rotatable bonds is 2. The number of aryl methyl sites for hydroxylation is 1. The number of anilines is 1. The fraction of sp³-hybridized carbons (Fsp3) is 0.0667. The Hall–Kier alpha value is -2.56. The Bertz CT molecular complexity index is 795. The lowest BCUT2D eigenvalue weighted by Gasteiger charge is -2.09. The molecule has 0 aliphatic carbocycles. The molecule has 5 heteroatoms. The number of nitrogens with zero attached hydrogens (tertiary/aromatic N) is 2. The van der Waals surface area contributed by atoms with E-state index < -0.39 is 0 Å². The first-order valence-corrected chi connectivity index (χ1v) is 6.25. The number of pyridine rings is 1. The van der Waals surface area contributed by atoms with E-state index in [1.807, 2.05) is 37.4 Å². The van der Waals surface area contributed by atoms with E-state index in [0.29, 0.717) is 16.8 Å². The zero-order chi connectivity index (χ0) is 14.1. The Balaban J connectivity index is 1.95. The third kappa shape index (κ3) is 2.18. The second kappa shape index (κ2) is 4.85. The number of nitrogens with one attached hydrogen (secondary N) is 1. The van der Waals surface area contributed by atoms with Crippen LogP contribution in [0.2, 0.25) is 0 Å². The van der Waals surface area contributed by atoms with Gasteiger partial charge in [0.05, 0.1) is 6.20 Å². The highest BCUT2D eigenvalue weighted by molar-refractivity contribution is 6.32. The lowest BCUT2D eigenvalue weighted by molar-refractivity contribution is 0.102. The molecule has 3 aromatic rings. The molecular formula is C15H12BN3O. The van der Waals surface area contributed by atoms with E-state index in [0.717, 1.165) is 11.2 Å². The van der Waals surface area contributed by atoms with Crippen molar-refractivity contribution in [1.82, 2.24) is 9.38 Å². The molecule has 2 radical (unpaired) electrons. The van der Waals surface area contributed by atoms with Gasteiger partial charge in [0, 0.05) is 11.9 Å². The van der Waals surface area contributed by atoms with Crippen LogP contribution in [0.3, 0.4) is 0 Å². The molecule has 0 aliphatic rings. The molecule has 1 amide bonds. The number of fused-ring (bicyclic) bond motifs is 1. The van der Waals surface area contributed by atoms with Crippen molar-refractivity contribution in [2.75, 3.05) is 5.32 Å². The Morgan fingerprint density at radius 1 is 1.30 bits per heavy atom. The van der Waals surface area contributed by atoms with Gasteiger partial charge in [0.1, 0.15) is 19.2 Å². The number of hydrogen-bond acceptors (Lipinski definition) is 2. The van der Waals surface area contributed by atoms with Gasteiger partial charge in [-0.15, -0.1) is 0 Å². The number of benzene rings is 1. The highest BCUT2D eigenvalue weighted by atomic mass is 16.1. The quantitative estimate of drug-likeness (QED) is 0.713. The molecule has 0 saturated heterocycles. The molecule has 1 N–H and O–H groups in total. The smallest absolute Gasteiger partial charge is 0.274 e. The monoisotopic (exact) mass is 261 g/mol. The van der Waals surface area contributed by atoms with Gasteiger partial charge in [0.15, 0.2) is 0 Å². The van der Waals surface area contributed by atoms with Gasteiger partial charge in [0.2, 0.25) is 0 Å². The summed E-state index contributed by atoms with van der Waals surface area (Å²) in [5.41, 5.74) is 3.51. The van der Waals surface area contributed by atoms with Gasteiger partial charge in [-0.05, 0) is 30.7 Å². The van der Waals surface area contributed by atoms with E-state index in [4.69, 9.17) is 7.85 Å². The molecule has 0 bridgehead atoms. The van der Waals surface area contributed by atoms with Gasteiger partial charge in [0.25, 0.3) is 5.91 Å². The van der Waals surface area contributed by atoms with Gasteiger partial charge in [-0.3, -0.25) is 9.20 Å². The van der Waals surface area contributed by atoms with Crippen molar-refractivity contribution in [2.45, 2.75) is 6.92 Å². The maximum atomic E-state index is 12.3. The molecule has 3 rings (SSSR count). The fourth-order valence-corrected chi connectivity index (χ4v) is 2.06. The third-order valence-electron chi connectivity index (χ3n) is 3.16. The van der Waals surface area contributed by atoms with E-state index in [1.54, 1.807) is 22.7 Å². The number of hydrogen-bond donors (Lipinski definition) is 1. The highest BCUT2D eigenvalue weighted by Crippen LogP contribution is 2.14. The van der Waals surface area contributed by atoms with Crippen LogP contribution in [-0.4, -0.2) is 23.1 Å². The third-order valence-corrected chi connectivity index (χ3v) is 3.16. The first-order valence-electron chi connectivity index (χ1n) is 6.25. The highest BCUT2D eigenvalue weighted by Gasteiger charge is 2.12. The zero-order valence-corrected chi connectivity index (χ0v) is 11.0. The normalized spacial score (nSPS) is 10.7. The number of carbonyl (C=O) groups is 1. The van der Waals surface area contributed by atoms with E-state index in [-0.39, 0.29) is 5.91 Å². The van der Waals surface area contributed by atoms with Crippen molar-refractivity contribution >= 4 is 30.6 Å². The molecule has 0 fully saturated rings. The molecule has 0 saturated carbocycles. The van der Waals surface area contributed by atoms with Gasteiger partial charge in [-0.25, -0.2) is 4.98 Å². The van der Waals surface area contributed by atoms with E-state index >= 15 is 0 Å². The molecule has 0 unspecified atom stereocenters. The van der Waals surface area contributed by atoms with Crippen molar-refractivity contribution in [3.63, 3.8) is 0 Å². The number of carbonyl (C=O) groups excluding carboxylic acids is 1. The predicted octanol–water partition coefficient (Wildman–Crippen LogP) is 1.69. The summed E-state index contributed by atoms with van der Waals surface area (Å²) in [6.45, 7) is 1.92. The first kappa shape index (κ1) is 12.5. The van der Waals surface area contributed by atoms with Crippen molar-refractivity contribution in [3.8, 4) is 0 Å². The first-order chi connectivity index (χ1) is 9.65. The molecule has 1 aromatic carbocycles. The van der Waals surface area contributed by atoms with Crippen LogP contribution in [0.1, 0.15) is 16.1 Å². The second-order valence-corrected chi connectivity index (χ2v) is 4.60.